The molecule has 1 N–H and O–H groups in total. The van der Waals surface area contributed by atoms with Crippen molar-refractivity contribution in [2.24, 2.45) is 0 Å². The molecule has 1 unspecified atom stereocenters. The number of anilines is 2. The lowest BCUT2D eigenvalue weighted by atomic mass is 10.1. The van der Waals surface area contributed by atoms with E-state index in [4.69, 9.17) is 0 Å². The van der Waals surface area contributed by atoms with Gasteiger partial charge in [-0.05, 0) is 36.4 Å². The molecule has 2 aliphatic rings. The highest BCUT2D eigenvalue weighted by Crippen LogP contribution is 2.42. The minimum atomic E-state index is -4.77. The van der Waals surface area contributed by atoms with E-state index in [0.717, 1.165) is 29.5 Å². The fraction of sp³-hybridized carbons (Fsp3) is 0.333. The molecule has 2 amide bonds. The van der Waals surface area contributed by atoms with Gasteiger partial charge in [-0.1, -0.05) is 30.0 Å². The predicted octanol–water partition coefficient (Wildman–Crippen LogP) is 4.74. The summed E-state index contributed by atoms with van der Waals surface area (Å²) in [5.74, 6) is -1.12. The summed E-state index contributed by atoms with van der Waals surface area (Å²) in [5.41, 5.74) is 0.202. The smallest absolute Gasteiger partial charge is 0.324 e. The maximum Gasteiger partial charge on any atom is 0.409 e. The summed E-state index contributed by atoms with van der Waals surface area (Å²) in [4.78, 5) is 26.9. The first-order valence-electron chi connectivity index (χ1n) is 10.2. The van der Waals surface area contributed by atoms with Crippen molar-refractivity contribution in [1.29, 1.82) is 0 Å². The van der Waals surface area contributed by atoms with Gasteiger partial charge in [-0.25, -0.2) is 0 Å². The van der Waals surface area contributed by atoms with Crippen LogP contribution in [0.4, 0.5) is 24.5 Å². The van der Waals surface area contributed by atoms with Crippen molar-refractivity contribution in [3.05, 3.63) is 41.8 Å². The molecule has 3 aromatic rings. The lowest BCUT2D eigenvalue weighted by Crippen LogP contribution is -2.50. The molecule has 1 atom stereocenters. The Balaban J connectivity index is 1.44. The molecule has 1 saturated carbocycles. The number of nitrogens with zero attached hydrogens (tertiary/aromatic N) is 4. The van der Waals surface area contributed by atoms with E-state index in [1.165, 1.54) is 29.5 Å². The van der Waals surface area contributed by atoms with Crippen molar-refractivity contribution in [2.45, 2.75) is 42.7 Å². The van der Waals surface area contributed by atoms with Crippen molar-refractivity contribution < 1.29 is 22.8 Å². The molecule has 0 spiro atoms. The molecule has 172 valence electrons. The SMILES string of the molecule is O=C1CC(C(F)(F)F)N(C(=O)CSc2nnc(-c3cccs3)n2C2CC2)c2ccccc2N1. The number of amides is 2. The molecule has 2 aromatic heterocycles. The number of hydrogen-bond donors (Lipinski definition) is 1. The second-order valence-electron chi connectivity index (χ2n) is 7.76. The number of para-hydroxylation sites is 2. The molecule has 12 heteroatoms. The van der Waals surface area contributed by atoms with Gasteiger partial charge in [0.25, 0.3) is 0 Å². The fourth-order valence-electron chi connectivity index (χ4n) is 3.80. The van der Waals surface area contributed by atoms with E-state index in [1.54, 1.807) is 6.07 Å². The van der Waals surface area contributed by atoms with Gasteiger partial charge >= 0.3 is 6.18 Å². The van der Waals surface area contributed by atoms with Crippen molar-refractivity contribution >= 4 is 46.3 Å². The number of fused-ring (bicyclic) bond motifs is 1. The summed E-state index contributed by atoms with van der Waals surface area (Å²) in [7, 11) is 0. The zero-order valence-corrected chi connectivity index (χ0v) is 18.7. The Morgan fingerprint density at radius 3 is 2.67 bits per heavy atom. The molecular weight excluding hydrogens is 475 g/mol. The molecule has 5 rings (SSSR count). The van der Waals surface area contributed by atoms with Gasteiger partial charge in [0.2, 0.25) is 11.8 Å². The number of thiophene rings is 1. The Hall–Kier alpha value is -2.86. The van der Waals surface area contributed by atoms with Gasteiger partial charge in [-0.3, -0.25) is 19.1 Å². The Labute approximate surface area is 195 Å². The van der Waals surface area contributed by atoms with Crippen LogP contribution in [0.3, 0.4) is 0 Å². The minimum Gasteiger partial charge on any atom is -0.324 e. The lowest BCUT2D eigenvalue weighted by Gasteiger charge is -2.31. The lowest BCUT2D eigenvalue weighted by molar-refractivity contribution is -0.157. The van der Waals surface area contributed by atoms with Crippen LogP contribution in [-0.4, -0.2) is 44.5 Å². The van der Waals surface area contributed by atoms with E-state index in [1.807, 2.05) is 22.1 Å². The van der Waals surface area contributed by atoms with Crippen molar-refractivity contribution in [1.82, 2.24) is 14.8 Å². The van der Waals surface area contributed by atoms with Gasteiger partial charge in [-0.15, -0.1) is 21.5 Å². The van der Waals surface area contributed by atoms with Crippen LogP contribution in [0.25, 0.3) is 10.7 Å². The van der Waals surface area contributed by atoms with Crippen LogP contribution in [0.15, 0.2) is 46.9 Å². The third kappa shape index (κ3) is 4.36. The van der Waals surface area contributed by atoms with Crippen LogP contribution >= 0.6 is 23.1 Å². The van der Waals surface area contributed by atoms with Gasteiger partial charge < -0.3 is 5.32 Å². The summed E-state index contributed by atoms with van der Waals surface area (Å²) in [5, 5.41) is 13.4. The standard InChI is InChI=1S/C21H18F3N5O2S2/c22-21(23,24)16-10-17(30)25-13-4-1-2-5-14(13)29(16)18(31)11-33-20-27-26-19(15-6-3-9-32-15)28(20)12-7-8-12/h1-6,9,12,16H,7-8,10-11H2,(H,25,30). The largest absolute Gasteiger partial charge is 0.409 e. The highest BCUT2D eigenvalue weighted by Gasteiger charge is 2.49. The highest BCUT2D eigenvalue weighted by molar-refractivity contribution is 7.99. The molecule has 1 fully saturated rings. The van der Waals surface area contributed by atoms with Crippen LogP contribution in [0.1, 0.15) is 25.3 Å². The van der Waals surface area contributed by atoms with Crippen LogP contribution in [0, 0.1) is 0 Å². The van der Waals surface area contributed by atoms with Crippen molar-refractivity contribution in [3.63, 3.8) is 0 Å². The fourth-order valence-corrected chi connectivity index (χ4v) is 5.37. The molecular formula is C21H18F3N5O2S2. The maximum atomic E-state index is 13.9. The number of benzene rings is 1. The molecule has 1 aliphatic heterocycles. The normalized spacial score (nSPS) is 18.6. The van der Waals surface area contributed by atoms with Gasteiger partial charge in [0.15, 0.2) is 11.0 Å². The molecule has 1 aromatic carbocycles. The topological polar surface area (TPSA) is 80.1 Å². The first-order chi connectivity index (χ1) is 15.8. The summed E-state index contributed by atoms with van der Waals surface area (Å²) in [6.07, 6.45) is -3.71. The summed E-state index contributed by atoms with van der Waals surface area (Å²) in [6, 6.07) is 7.82. The molecule has 7 nitrogen and oxygen atoms in total. The maximum absolute atomic E-state index is 13.9. The van der Waals surface area contributed by atoms with Gasteiger partial charge in [-0.2, -0.15) is 13.2 Å². The molecule has 0 bridgehead atoms. The van der Waals surface area contributed by atoms with Crippen LogP contribution in [0.5, 0.6) is 0 Å². The second-order valence-corrected chi connectivity index (χ2v) is 9.65. The third-order valence-electron chi connectivity index (χ3n) is 5.42. The number of nitrogens with one attached hydrogen (secondary N) is 1. The Kier molecular flexibility index (Phi) is 5.65. The minimum absolute atomic E-state index is 0.0270. The second kappa shape index (κ2) is 8.49. The highest BCUT2D eigenvalue weighted by atomic mass is 32.2. The van der Waals surface area contributed by atoms with E-state index in [2.05, 4.69) is 15.5 Å². The monoisotopic (exact) mass is 493 g/mol. The number of alkyl halides is 3. The number of thioether (sulfide) groups is 1. The number of halogens is 3. The third-order valence-corrected chi connectivity index (χ3v) is 7.21. The average Bonchev–Trinajstić information content (AvgIpc) is 3.33. The number of aromatic nitrogens is 3. The Bertz CT molecular complexity index is 1190. The molecule has 3 heterocycles. The van der Waals surface area contributed by atoms with E-state index < -0.39 is 30.5 Å². The van der Waals surface area contributed by atoms with E-state index in [0.29, 0.717) is 15.9 Å². The molecule has 0 radical (unpaired) electrons. The van der Waals surface area contributed by atoms with E-state index >= 15 is 0 Å². The quantitative estimate of drug-likeness (QED) is 0.520. The van der Waals surface area contributed by atoms with Crippen LogP contribution in [-0.2, 0) is 9.59 Å². The zero-order valence-electron chi connectivity index (χ0n) is 17.1. The van der Waals surface area contributed by atoms with Crippen molar-refractivity contribution in [3.8, 4) is 10.7 Å². The number of carbonyl (C=O) groups excluding carboxylic acids is 2. The number of hydrogen-bond acceptors (Lipinski definition) is 6. The van der Waals surface area contributed by atoms with E-state index in [-0.39, 0.29) is 23.2 Å². The average molecular weight is 494 g/mol. The Morgan fingerprint density at radius 1 is 1.18 bits per heavy atom. The van der Waals surface area contributed by atoms with Crippen LogP contribution in [0.2, 0.25) is 0 Å². The number of rotatable bonds is 5. The zero-order chi connectivity index (χ0) is 23.2. The summed E-state index contributed by atoms with van der Waals surface area (Å²) >= 11 is 2.58. The predicted molar refractivity (Wildman–Crippen MR) is 119 cm³/mol. The van der Waals surface area contributed by atoms with Gasteiger partial charge in [0, 0.05) is 6.04 Å². The first-order valence-corrected chi connectivity index (χ1v) is 12.1. The summed E-state index contributed by atoms with van der Waals surface area (Å²) in [6.45, 7) is 0. The van der Waals surface area contributed by atoms with Gasteiger partial charge in [0.05, 0.1) is 28.4 Å². The van der Waals surface area contributed by atoms with Crippen LogP contribution < -0.4 is 10.2 Å². The van der Waals surface area contributed by atoms with Crippen molar-refractivity contribution in [2.75, 3.05) is 16.0 Å². The van der Waals surface area contributed by atoms with E-state index in [9.17, 15) is 22.8 Å². The molecule has 1 aliphatic carbocycles. The molecule has 33 heavy (non-hydrogen) atoms. The molecule has 0 saturated heterocycles. The van der Waals surface area contributed by atoms with Gasteiger partial charge in [0.1, 0.15) is 6.04 Å². The summed E-state index contributed by atoms with van der Waals surface area (Å²) < 4.78 is 43.7. The number of carbonyl (C=O) groups is 2. The Morgan fingerprint density at radius 2 is 1.97 bits per heavy atom. The first kappa shape index (κ1) is 22.0.